The highest BCUT2D eigenvalue weighted by Crippen LogP contribution is 2.16. The standard InChI is InChI=1S/C52H95NO5/c1-4-7-10-13-16-19-22-24-26-29-32-35-38-41-44-50(55)49(47-54)53-51(56)46-48(43-40-37-34-31-28-21-18-15-12-9-6-3)58-52(57)45-42-39-36-33-30-27-25-23-20-17-14-11-8-5-2/h8,11,17,20,31,34,40,43,48-50,54-55H,4-7,9-10,12-16,18-19,21-30,32-33,35-39,41-42,44-47H2,1-3H3,(H,53,56)/b11-8+,20-17+,34-31-,43-40+. The van der Waals surface area contributed by atoms with Gasteiger partial charge in [0.15, 0.2) is 0 Å². The molecule has 0 aliphatic rings. The van der Waals surface area contributed by atoms with Crippen LogP contribution < -0.4 is 5.32 Å². The molecule has 0 radical (unpaired) electrons. The van der Waals surface area contributed by atoms with Crippen LogP contribution in [-0.4, -0.2) is 46.9 Å². The molecular formula is C52H95NO5. The lowest BCUT2D eigenvalue weighted by Crippen LogP contribution is -2.46. The predicted octanol–water partition coefficient (Wildman–Crippen LogP) is 14.7. The number of allylic oxidation sites excluding steroid dienone is 7. The molecule has 3 unspecified atom stereocenters. The van der Waals surface area contributed by atoms with E-state index in [1.807, 2.05) is 12.2 Å². The van der Waals surface area contributed by atoms with Gasteiger partial charge in [-0.25, -0.2) is 0 Å². The summed E-state index contributed by atoms with van der Waals surface area (Å²) in [5.74, 6) is -0.609. The smallest absolute Gasteiger partial charge is 0.306 e. The van der Waals surface area contributed by atoms with Gasteiger partial charge in [-0.1, -0.05) is 217 Å². The van der Waals surface area contributed by atoms with Crippen molar-refractivity contribution >= 4 is 11.9 Å². The highest BCUT2D eigenvalue weighted by Gasteiger charge is 2.23. The number of aliphatic hydroxyl groups is 2. The fourth-order valence-electron chi connectivity index (χ4n) is 7.37. The zero-order valence-electron chi connectivity index (χ0n) is 38.4. The maximum Gasteiger partial charge on any atom is 0.306 e. The van der Waals surface area contributed by atoms with Crippen LogP contribution in [0.2, 0.25) is 0 Å². The van der Waals surface area contributed by atoms with Gasteiger partial charge in [0.2, 0.25) is 5.91 Å². The first-order valence-electron chi connectivity index (χ1n) is 24.9. The van der Waals surface area contributed by atoms with E-state index in [2.05, 4.69) is 62.5 Å². The summed E-state index contributed by atoms with van der Waals surface area (Å²) < 4.78 is 5.81. The first-order chi connectivity index (χ1) is 28.5. The number of aliphatic hydroxyl groups excluding tert-OH is 2. The van der Waals surface area contributed by atoms with Gasteiger partial charge in [-0.3, -0.25) is 9.59 Å². The molecule has 6 heteroatoms. The summed E-state index contributed by atoms with van der Waals surface area (Å²) in [7, 11) is 0. The number of hydrogen-bond donors (Lipinski definition) is 3. The highest BCUT2D eigenvalue weighted by atomic mass is 16.5. The van der Waals surface area contributed by atoms with Crippen LogP contribution in [0.15, 0.2) is 48.6 Å². The fraction of sp³-hybridized carbons (Fsp3) is 0.808. The van der Waals surface area contributed by atoms with E-state index in [0.717, 1.165) is 70.6 Å². The third-order valence-electron chi connectivity index (χ3n) is 11.1. The van der Waals surface area contributed by atoms with Crippen molar-refractivity contribution in [3.63, 3.8) is 0 Å². The molecule has 0 rings (SSSR count). The van der Waals surface area contributed by atoms with Crippen molar-refractivity contribution in [2.45, 2.75) is 264 Å². The quantitative estimate of drug-likeness (QED) is 0.0323. The molecule has 58 heavy (non-hydrogen) atoms. The van der Waals surface area contributed by atoms with Gasteiger partial charge in [0.1, 0.15) is 6.10 Å². The molecule has 0 heterocycles. The van der Waals surface area contributed by atoms with E-state index in [1.165, 1.54) is 135 Å². The van der Waals surface area contributed by atoms with Crippen molar-refractivity contribution in [3.8, 4) is 0 Å². The molecular weight excluding hydrogens is 719 g/mol. The van der Waals surface area contributed by atoms with Crippen LogP contribution in [0.3, 0.4) is 0 Å². The predicted molar refractivity (Wildman–Crippen MR) is 250 cm³/mol. The number of nitrogens with one attached hydrogen (secondary N) is 1. The number of esters is 1. The second-order valence-corrected chi connectivity index (χ2v) is 16.8. The number of unbranched alkanes of at least 4 members (excludes halogenated alkanes) is 26. The van der Waals surface area contributed by atoms with Crippen LogP contribution in [0.25, 0.3) is 0 Å². The van der Waals surface area contributed by atoms with Crippen molar-refractivity contribution < 1.29 is 24.5 Å². The topological polar surface area (TPSA) is 95.9 Å². The normalized spacial score (nSPS) is 13.7. The van der Waals surface area contributed by atoms with Crippen molar-refractivity contribution in [1.82, 2.24) is 5.32 Å². The van der Waals surface area contributed by atoms with Crippen LogP contribution in [0.4, 0.5) is 0 Å². The Morgan fingerprint density at radius 1 is 0.534 bits per heavy atom. The second-order valence-electron chi connectivity index (χ2n) is 16.8. The van der Waals surface area contributed by atoms with Gasteiger partial charge < -0.3 is 20.3 Å². The van der Waals surface area contributed by atoms with Crippen LogP contribution >= 0.6 is 0 Å². The number of carbonyl (C=O) groups excluding carboxylic acids is 2. The third kappa shape index (κ3) is 40.6. The maximum atomic E-state index is 13.1. The van der Waals surface area contributed by atoms with E-state index in [9.17, 15) is 19.8 Å². The zero-order valence-corrected chi connectivity index (χ0v) is 38.4. The molecule has 3 N–H and O–H groups in total. The molecule has 0 aliphatic heterocycles. The first-order valence-corrected chi connectivity index (χ1v) is 24.9. The molecule has 0 fully saturated rings. The molecule has 1 amide bonds. The van der Waals surface area contributed by atoms with E-state index >= 15 is 0 Å². The summed E-state index contributed by atoms with van der Waals surface area (Å²) in [6.45, 7) is 6.34. The number of amides is 1. The Kier molecular flexibility index (Phi) is 44.2. The van der Waals surface area contributed by atoms with Gasteiger partial charge >= 0.3 is 5.97 Å². The zero-order chi connectivity index (χ0) is 42.4. The van der Waals surface area contributed by atoms with Gasteiger partial charge in [-0.05, 0) is 63.9 Å². The molecule has 0 aromatic heterocycles. The molecule has 0 aromatic carbocycles. The molecule has 3 atom stereocenters. The van der Waals surface area contributed by atoms with E-state index < -0.39 is 18.2 Å². The largest absolute Gasteiger partial charge is 0.458 e. The third-order valence-corrected chi connectivity index (χ3v) is 11.1. The van der Waals surface area contributed by atoms with Crippen molar-refractivity contribution in [1.29, 1.82) is 0 Å². The maximum absolute atomic E-state index is 13.1. The molecule has 0 bridgehead atoms. The van der Waals surface area contributed by atoms with Gasteiger partial charge in [0, 0.05) is 6.42 Å². The van der Waals surface area contributed by atoms with E-state index in [0.29, 0.717) is 12.8 Å². The Balaban J connectivity index is 4.61. The molecule has 0 spiro atoms. The van der Waals surface area contributed by atoms with Crippen LogP contribution in [0.5, 0.6) is 0 Å². The summed E-state index contributed by atoms with van der Waals surface area (Å²) in [5.41, 5.74) is 0. The lowest BCUT2D eigenvalue weighted by atomic mass is 10.0. The van der Waals surface area contributed by atoms with Crippen LogP contribution in [-0.2, 0) is 14.3 Å². The Bertz CT molecular complexity index is 1000. The highest BCUT2D eigenvalue weighted by molar-refractivity contribution is 5.78. The van der Waals surface area contributed by atoms with Crippen LogP contribution in [0, 0.1) is 0 Å². The lowest BCUT2D eigenvalue weighted by Gasteiger charge is -2.23. The molecule has 0 aromatic rings. The fourth-order valence-corrected chi connectivity index (χ4v) is 7.37. The van der Waals surface area contributed by atoms with Gasteiger partial charge in [0.25, 0.3) is 0 Å². The van der Waals surface area contributed by atoms with E-state index in [4.69, 9.17) is 4.74 Å². The Morgan fingerprint density at radius 3 is 1.45 bits per heavy atom. The Hall–Kier alpha value is -2.18. The second kappa shape index (κ2) is 45.9. The first kappa shape index (κ1) is 55.8. The summed E-state index contributed by atoms with van der Waals surface area (Å²) in [4.78, 5) is 26.0. The molecule has 338 valence electrons. The number of hydrogen-bond acceptors (Lipinski definition) is 5. The van der Waals surface area contributed by atoms with Gasteiger partial charge in [-0.2, -0.15) is 0 Å². The number of ether oxygens (including phenoxy) is 1. The monoisotopic (exact) mass is 814 g/mol. The SMILES string of the molecule is CC/C=C/C/C=C/CCCCCCCCCC(=O)OC(/C=C/C/C=C\CCCCCCCC)CC(=O)NC(CO)C(O)CCCCCCCCCCCCCCCC. The molecule has 0 aliphatic carbocycles. The number of rotatable bonds is 44. The Labute approximate surface area is 359 Å². The van der Waals surface area contributed by atoms with Crippen molar-refractivity contribution in [2.75, 3.05) is 6.61 Å². The summed E-state index contributed by atoms with van der Waals surface area (Å²) in [6, 6.07) is -0.732. The average Bonchev–Trinajstić information content (AvgIpc) is 3.22. The Morgan fingerprint density at radius 2 is 0.966 bits per heavy atom. The van der Waals surface area contributed by atoms with Gasteiger partial charge in [0.05, 0.1) is 25.2 Å². The van der Waals surface area contributed by atoms with Crippen molar-refractivity contribution in [2.24, 2.45) is 0 Å². The summed E-state index contributed by atoms with van der Waals surface area (Å²) in [6.07, 6.45) is 54.9. The van der Waals surface area contributed by atoms with Crippen molar-refractivity contribution in [3.05, 3.63) is 48.6 Å². The number of carbonyl (C=O) groups is 2. The van der Waals surface area contributed by atoms with Crippen LogP contribution in [0.1, 0.15) is 245 Å². The minimum absolute atomic E-state index is 0.0313. The summed E-state index contributed by atoms with van der Waals surface area (Å²) in [5, 5.41) is 23.7. The average molecular weight is 814 g/mol. The van der Waals surface area contributed by atoms with E-state index in [1.54, 1.807) is 0 Å². The minimum atomic E-state index is -0.811. The molecule has 6 nitrogen and oxygen atoms in total. The molecule has 0 saturated carbocycles. The lowest BCUT2D eigenvalue weighted by molar-refractivity contribution is -0.148. The summed E-state index contributed by atoms with van der Waals surface area (Å²) >= 11 is 0. The minimum Gasteiger partial charge on any atom is -0.458 e. The molecule has 0 saturated heterocycles. The van der Waals surface area contributed by atoms with Gasteiger partial charge in [-0.15, -0.1) is 0 Å². The van der Waals surface area contributed by atoms with E-state index in [-0.39, 0.29) is 24.9 Å².